The molecule has 2 atom stereocenters. The van der Waals surface area contributed by atoms with Crippen molar-refractivity contribution in [2.45, 2.75) is 25.9 Å². The molecule has 206 valence electrons. The van der Waals surface area contributed by atoms with Gasteiger partial charge in [0.25, 0.3) is 0 Å². The lowest BCUT2D eigenvalue weighted by Crippen LogP contribution is -2.29. The van der Waals surface area contributed by atoms with Gasteiger partial charge in [-0.05, 0) is 110 Å². The standard InChI is InChI=1S/C33H30N4O3S/c1-21-20-27(22(2)36(21)29-9-4-5-10-30(29)38)32-31(28-8-6-7-19-34-28)35-33(41)37(32)23-11-13-25(14-12-23)40-26-17-15-24(39-3)16-18-26/h4-20,31-32,38H,1-3H3,(H,35,41)/t31-,32-/m0/s1. The van der Waals surface area contributed by atoms with E-state index in [9.17, 15) is 5.11 Å². The lowest BCUT2D eigenvalue weighted by Gasteiger charge is -2.28. The Kier molecular flexibility index (Phi) is 7.07. The van der Waals surface area contributed by atoms with Crippen LogP contribution in [0, 0.1) is 13.8 Å². The van der Waals surface area contributed by atoms with Gasteiger partial charge in [0.1, 0.15) is 23.0 Å². The van der Waals surface area contributed by atoms with Gasteiger partial charge in [0.15, 0.2) is 5.11 Å². The number of hydrogen-bond donors (Lipinski definition) is 2. The van der Waals surface area contributed by atoms with E-state index in [-0.39, 0.29) is 17.8 Å². The van der Waals surface area contributed by atoms with Crippen molar-refractivity contribution in [1.29, 1.82) is 0 Å². The number of anilines is 1. The lowest BCUT2D eigenvalue weighted by atomic mass is 9.96. The van der Waals surface area contributed by atoms with Crippen molar-refractivity contribution < 1.29 is 14.6 Å². The molecule has 1 fully saturated rings. The summed E-state index contributed by atoms with van der Waals surface area (Å²) >= 11 is 5.93. The van der Waals surface area contributed by atoms with Gasteiger partial charge in [-0.2, -0.15) is 0 Å². The van der Waals surface area contributed by atoms with Crippen molar-refractivity contribution in [3.63, 3.8) is 0 Å². The summed E-state index contributed by atoms with van der Waals surface area (Å²) in [6.07, 6.45) is 1.80. The molecule has 5 aromatic rings. The van der Waals surface area contributed by atoms with Gasteiger partial charge in [-0.25, -0.2) is 0 Å². The second-order valence-corrected chi connectivity index (χ2v) is 10.3. The first-order valence-electron chi connectivity index (χ1n) is 13.3. The van der Waals surface area contributed by atoms with Gasteiger partial charge in [-0.1, -0.05) is 18.2 Å². The van der Waals surface area contributed by atoms with Crippen molar-refractivity contribution in [2.75, 3.05) is 12.0 Å². The van der Waals surface area contributed by atoms with E-state index < -0.39 is 0 Å². The number of methoxy groups -OCH3 is 1. The molecule has 41 heavy (non-hydrogen) atoms. The average molecular weight is 563 g/mol. The third kappa shape index (κ3) is 4.98. The molecule has 0 amide bonds. The fourth-order valence-electron chi connectivity index (χ4n) is 5.51. The minimum atomic E-state index is -0.184. The van der Waals surface area contributed by atoms with Gasteiger partial charge in [-0.15, -0.1) is 0 Å². The van der Waals surface area contributed by atoms with Crippen LogP contribution in [0.1, 0.15) is 34.7 Å². The monoisotopic (exact) mass is 562 g/mol. The molecule has 2 N–H and O–H groups in total. The molecule has 1 aliphatic heterocycles. The zero-order valence-electron chi connectivity index (χ0n) is 23.0. The number of aryl methyl sites for hydroxylation is 1. The molecule has 0 saturated carbocycles. The molecule has 0 aliphatic carbocycles. The smallest absolute Gasteiger partial charge is 0.174 e. The van der Waals surface area contributed by atoms with E-state index in [2.05, 4.69) is 39.7 Å². The van der Waals surface area contributed by atoms with Crippen LogP contribution in [0.2, 0.25) is 0 Å². The molecule has 0 spiro atoms. The summed E-state index contributed by atoms with van der Waals surface area (Å²) in [5, 5.41) is 14.8. The normalized spacial score (nSPS) is 16.5. The number of ether oxygens (including phenoxy) is 2. The Morgan fingerprint density at radius 2 is 1.51 bits per heavy atom. The van der Waals surface area contributed by atoms with Gasteiger partial charge in [0.05, 0.1) is 30.6 Å². The predicted molar refractivity (Wildman–Crippen MR) is 164 cm³/mol. The molecule has 8 heteroatoms. The van der Waals surface area contributed by atoms with Gasteiger partial charge >= 0.3 is 0 Å². The highest BCUT2D eigenvalue weighted by molar-refractivity contribution is 7.80. The molecule has 1 saturated heterocycles. The highest BCUT2D eigenvalue weighted by Gasteiger charge is 2.42. The maximum absolute atomic E-state index is 10.7. The van der Waals surface area contributed by atoms with Crippen molar-refractivity contribution >= 4 is 23.0 Å². The number of para-hydroxylation sites is 2. The van der Waals surface area contributed by atoms with Crippen LogP contribution < -0.4 is 19.7 Å². The first-order chi connectivity index (χ1) is 19.9. The Hall–Kier alpha value is -4.82. The van der Waals surface area contributed by atoms with E-state index in [1.54, 1.807) is 19.4 Å². The molecule has 7 nitrogen and oxygen atoms in total. The zero-order chi connectivity index (χ0) is 28.5. The summed E-state index contributed by atoms with van der Waals surface area (Å²) in [5.74, 6) is 2.44. The Morgan fingerprint density at radius 1 is 0.854 bits per heavy atom. The van der Waals surface area contributed by atoms with Crippen LogP contribution in [-0.2, 0) is 0 Å². The Bertz CT molecular complexity index is 1680. The number of phenolic OH excluding ortho intramolecular Hbond substituents is 1. The van der Waals surface area contributed by atoms with Crippen LogP contribution in [0.3, 0.4) is 0 Å². The number of benzene rings is 3. The molecule has 0 unspecified atom stereocenters. The number of pyridine rings is 1. The van der Waals surface area contributed by atoms with Gasteiger partial charge in [0.2, 0.25) is 0 Å². The van der Waals surface area contributed by atoms with Crippen LogP contribution >= 0.6 is 12.2 Å². The quantitative estimate of drug-likeness (QED) is 0.204. The van der Waals surface area contributed by atoms with Gasteiger partial charge in [0, 0.05) is 23.3 Å². The highest BCUT2D eigenvalue weighted by Crippen LogP contribution is 2.44. The van der Waals surface area contributed by atoms with E-state index in [1.807, 2.05) is 84.9 Å². The first-order valence-corrected chi connectivity index (χ1v) is 13.8. The Labute approximate surface area is 244 Å². The van der Waals surface area contributed by atoms with Crippen molar-refractivity contribution in [1.82, 2.24) is 14.9 Å². The fourth-order valence-corrected chi connectivity index (χ4v) is 5.86. The maximum atomic E-state index is 10.7. The molecule has 3 heterocycles. The molecule has 1 aliphatic rings. The summed E-state index contributed by atoms with van der Waals surface area (Å²) < 4.78 is 13.4. The lowest BCUT2D eigenvalue weighted by molar-refractivity contribution is 0.413. The Balaban J connectivity index is 1.39. The SMILES string of the molecule is COc1ccc(Oc2ccc(N3C(=S)N[C@@H](c4ccccn4)[C@@H]3c3cc(C)n(-c4ccccc4O)c3C)cc2)cc1. The molecule has 6 rings (SSSR count). The van der Waals surface area contributed by atoms with E-state index in [4.69, 9.17) is 21.7 Å². The van der Waals surface area contributed by atoms with Crippen LogP contribution in [0.4, 0.5) is 5.69 Å². The number of aromatic nitrogens is 2. The minimum Gasteiger partial charge on any atom is -0.506 e. The van der Waals surface area contributed by atoms with Crippen molar-refractivity contribution in [3.05, 3.63) is 126 Å². The molecule has 2 aromatic heterocycles. The number of nitrogens with one attached hydrogen (secondary N) is 1. The summed E-state index contributed by atoms with van der Waals surface area (Å²) in [7, 11) is 1.64. The third-order valence-electron chi connectivity index (χ3n) is 7.42. The van der Waals surface area contributed by atoms with Crippen LogP contribution in [-0.4, -0.2) is 26.9 Å². The highest BCUT2D eigenvalue weighted by atomic mass is 32.1. The second kappa shape index (κ2) is 11.0. The maximum Gasteiger partial charge on any atom is 0.174 e. The number of aromatic hydroxyl groups is 1. The van der Waals surface area contributed by atoms with Crippen LogP contribution in [0.25, 0.3) is 5.69 Å². The van der Waals surface area contributed by atoms with Gasteiger partial charge in [-0.3, -0.25) is 4.98 Å². The summed E-state index contributed by atoms with van der Waals surface area (Å²) in [6, 6.07) is 30.5. The summed E-state index contributed by atoms with van der Waals surface area (Å²) in [5.41, 5.74) is 5.69. The summed E-state index contributed by atoms with van der Waals surface area (Å²) in [4.78, 5) is 6.82. The molecular weight excluding hydrogens is 532 g/mol. The van der Waals surface area contributed by atoms with Crippen molar-refractivity contribution in [2.24, 2.45) is 0 Å². The largest absolute Gasteiger partial charge is 0.506 e. The van der Waals surface area contributed by atoms with Crippen LogP contribution in [0.15, 0.2) is 103 Å². The first kappa shape index (κ1) is 26.4. The van der Waals surface area contributed by atoms with E-state index >= 15 is 0 Å². The third-order valence-corrected chi connectivity index (χ3v) is 7.73. The molecule has 0 bridgehead atoms. The van der Waals surface area contributed by atoms with Crippen molar-refractivity contribution in [3.8, 4) is 28.7 Å². The van der Waals surface area contributed by atoms with Crippen LogP contribution in [0.5, 0.6) is 23.0 Å². The fraction of sp³-hybridized carbons (Fsp3) is 0.152. The molecule has 3 aromatic carbocycles. The summed E-state index contributed by atoms with van der Waals surface area (Å²) in [6.45, 7) is 4.13. The average Bonchev–Trinajstić information content (AvgIpc) is 3.49. The topological polar surface area (TPSA) is 71.8 Å². The number of nitrogens with zero attached hydrogens (tertiary/aromatic N) is 3. The van der Waals surface area contributed by atoms with E-state index in [1.165, 1.54) is 0 Å². The zero-order valence-corrected chi connectivity index (χ0v) is 23.8. The minimum absolute atomic E-state index is 0.183. The number of hydrogen-bond acceptors (Lipinski definition) is 5. The number of rotatable bonds is 7. The van der Waals surface area contributed by atoms with E-state index in [0.717, 1.165) is 45.5 Å². The molecular formula is C33H30N4O3S. The predicted octanol–water partition coefficient (Wildman–Crippen LogP) is 7.17. The van der Waals surface area contributed by atoms with Gasteiger partial charge < -0.3 is 29.4 Å². The Morgan fingerprint density at radius 3 is 2.17 bits per heavy atom. The molecule has 0 radical (unpaired) electrons. The second-order valence-electron chi connectivity index (χ2n) is 9.92. The number of phenols is 1. The van der Waals surface area contributed by atoms with E-state index in [0.29, 0.717) is 10.9 Å². The number of thiocarbonyl (C=S) groups is 1.